The molecule has 15 heteroatoms. The van der Waals surface area contributed by atoms with Crippen LogP contribution in [0.15, 0.2) is 20.8 Å². The summed E-state index contributed by atoms with van der Waals surface area (Å²) in [5.74, 6) is -4.01. The lowest BCUT2D eigenvalue weighted by Crippen LogP contribution is -2.33. The van der Waals surface area contributed by atoms with Crippen molar-refractivity contribution < 1.29 is 49.1 Å². The van der Waals surface area contributed by atoms with Gasteiger partial charge in [0.05, 0.1) is 31.2 Å². The molecular weight excluding hydrogens is 528 g/mol. The van der Waals surface area contributed by atoms with E-state index in [1.807, 2.05) is 0 Å². The van der Waals surface area contributed by atoms with E-state index in [9.17, 15) is 28.8 Å². The van der Waals surface area contributed by atoms with E-state index in [1.165, 1.54) is 17.3 Å². The Morgan fingerprint density at radius 1 is 1.12 bits per heavy atom. The SMILES string of the molecule is O.O=C(O)CCC(=O)OC[C@@H]1O[C@H](n2cc(/C=C/Br)c(=O)[nH]c2=O)CC1OC(=O)CCC(=O)O. The van der Waals surface area contributed by atoms with Crippen molar-refractivity contribution in [3.05, 3.63) is 37.6 Å². The molecule has 1 unspecified atom stereocenters. The zero-order valence-corrected chi connectivity index (χ0v) is 19.2. The lowest BCUT2D eigenvalue weighted by molar-refractivity contribution is -0.160. The number of carboxylic acids is 2. The lowest BCUT2D eigenvalue weighted by atomic mass is 10.1. The number of hydrogen-bond donors (Lipinski definition) is 3. The number of carbonyl (C=O) groups is 4. The van der Waals surface area contributed by atoms with Crippen molar-refractivity contribution in [2.24, 2.45) is 0 Å². The van der Waals surface area contributed by atoms with Gasteiger partial charge in [-0.3, -0.25) is 33.5 Å². The first kappa shape index (κ1) is 28.7. The van der Waals surface area contributed by atoms with Gasteiger partial charge >= 0.3 is 29.6 Å². The molecule has 2 heterocycles. The molecule has 1 aliphatic heterocycles. The van der Waals surface area contributed by atoms with E-state index >= 15 is 0 Å². The summed E-state index contributed by atoms with van der Waals surface area (Å²) in [5.41, 5.74) is -1.29. The number of nitrogens with zero attached hydrogens (tertiary/aromatic N) is 1. The molecular formula is C19H23BrN2O12. The number of halogens is 1. The second-order valence-electron chi connectivity index (χ2n) is 6.91. The predicted octanol–water partition coefficient (Wildman–Crippen LogP) is -0.450. The van der Waals surface area contributed by atoms with Crippen LogP contribution in [0.25, 0.3) is 6.08 Å². The van der Waals surface area contributed by atoms with Crippen LogP contribution in [0.2, 0.25) is 0 Å². The molecule has 0 aliphatic carbocycles. The minimum atomic E-state index is -1.19. The molecule has 1 aromatic heterocycles. The van der Waals surface area contributed by atoms with Crippen LogP contribution in [0, 0.1) is 0 Å². The summed E-state index contributed by atoms with van der Waals surface area (Å²) in [6, 6.07) is 0. The Balaban J connectivity index is 0.00000578. The molecule has 1 saturated heterocycles. The van der Waals surface area contributed by atoms with Crippen molar-refractivity contribution >= 4 is 45.9 Å². The quantitative estimate of drug-likeness (QED) is 0.299. The van der Waals surface area contributed by atoms with E-state index in [4.69, 9.17) is 24.4 Å². The summed E-state index contributed by atoms with van der Waals surface area (Å²) in [6.45, 7) is -0.405. The normalized spacial score (nSPS) is 19.4. The van der Waals surface area contributed by atoms with Crippen LogP contribution in [-0.2, 0) is 33.4 Å². The Morgan fingerprint density at radius 2 is 1.74 bits per heavy atom. The van der Waals surface area contributed by atoms with Crippen molar-refractivity contribution in [2.45, 2.75) is 50.5 Å². The highest BCUT2D eigenvalue weighted by Gasteiger charge is 2.40. The van der Waals surface area contributed by atoms with Crippen molar-refractivity contribution in [1.82, 2.24) is 9.55 Å². The lowest BCUT2D eigenvalue weighted by Gasteiger charge is -2.18. The minimum Gasteiger partial charge on any atom is -0.481 e. The molecule has 0 bridgehead atoms. The summed E-state index contributed by atoms with van der Waals surface area (Å²) in [5, 5.41) is 17.4. The molecule has 0 amide bonds. The molecule has 0 spiro atoms. The molecule has 0 aromatic carbocycles. The number of ether oxygens (including phenoxy) is 3. The highest BCUT2D eigenvalue weighted by Crippen LogP contribution is 2.30. The monoisotopic (exact) mass is 550 g/mol. The highest BCUT2D eigenvalue weighted by atomic mass is 79.9. The third-order valence-electron chi connectivity index (χ3n) is 4.51. The first-order valence-electron chi connectivity index (χ1n) is 9.67. The molecule has 5 N–H and O–H groups in total. The molecule has 34 heavy (non-hydrogen) atoms. The van der Waals surface area contributed by atoms with Crippen molar-refractivity contribution in [3.63, 3.8) is 0 Å². The van der Waals surface area contributed by atoms with Crippen molar-refractivity contribution in [1.29, 1.82) is 0 Å². The van der Waals surface area contributed by atoms with Gasteiger partial charge in [-0.15, -0.1) is 0 Å². The molecule has 14 nitrogen and oxygen atoms in total. The standard InChI is InChI=1S/C19H21BrN2O11.H2O/c20-6-5-10-8-22(19(30)21-18(10)29)13-7-11(33-17(28)4-2-15(25)26)12(32-13)9-31-16(27)3-1-14(23)24;/h5-6,8,11-13H,1-4,7,9H2,(H,23,24)(H,25,26)(H,21,29,30);1H2/b6-5+;/t11?,12-,13-;/m0./s1. The van der Waals surface area contributed by atoms with Gasteiger partial charge in [-0.1, -0.05) is 15.9 Å². The maximum Gasteiger partial charge on any atom is 0.330 e. The minimum absolute atomic E-state index is 0. The molecule has 2 rings (SSSR count). The number of esters is 2. The third kappa shape index (κ3) is 8.57. The van der Waals surface area contributed by atoms with Crippen LogP contribution in [0.4, 0.5) is 0 Å². The van der Waals surface area contributed by atoms with Crippen molar-refractivity contribution in [2.75, 3.05) is 6.61 Å². The predicted molar refractivity (Wildman–Crippen MR) is 116 cm³/mol. The number of aliphatic carboxylic acids is 2. The highest BCUT2D eigenvalue weighted by molar-refractivity contribution is 9.11. The van der Waals surface area contributed by atoms with Gasteiger partial charge in [-0.05, 0) is 11.1 Å². The zero-order chi connectivity index (χ0) is 24.5. The topological polar surface area (TPSA) is 223 Å². The van der Waals surface area contributed by atoms with E-state index in [1.54, 1.807) is 0 Å². The number of aromatic amines is 1. The summed E-state index contributed by atoms with van der Waals surface area (Å²) >= 11 is 3.04. The van der Waals surface area contributed by atoms with Gasteiger partial charge in [-0.2, -0.15) is 0 Å². The fraction of sp³-hybridized carbons (Fsp3) is 0.474. The summed E-state index contributed by atoms with van der Waals surface area (Å²) < 4.78 is 17.1. The van der Waals surface area contributed by atoms with Crippen LogP contribution >= 0.6 is 15.9 Å². The maximum absolute atomic E-state index is 12.3. The van der Waals surface area contributed by atoms with Crippen LogP contribution < -0.4 is 11.2 Å². The molecule has 3 atom stereocenters. The summed E-state index contributed by atoms with van der Waals surface area (Å²) in [6.07, 6.45) is -2.11. The van der Waals surface area contributed by atoms with Crippen LogP contribution in [0.5, 0.6) is 0 Å². The van der Waals surface area contributed by atoms with E-state index in [0.29, 0.717) is 0 Å². The van der Waals surface area contributed by atoms with Crippen LogP contribution in [0.1, 0.15) is 43.9 Å². The average Bonchev–Trinajstić information content (AvgIpc) is 3.13. The van der Waals surface area contributed by atoms with E-state index in [-0.39, 0.29) is 23.9 Å². The number of rotatable bonds is 11. The number of carbonyl (C=O) groups excluding carboxylic acids is 2. The van der Waals surface area contributed by atoms with Gasteiger partial charge < -0.3 is 29.9 Å². The zero-order valence-electron chi connectivity index (χ0n) is 17.6. The average molecular weight is 551 g/mol. The first-order chi connectivity index (χ1) is 15.6. The molecule has 1 aliphatic rings. The van der Waals surface area contributed by atoms with Crippen LogP contribution in [0.3, 0.4) is 0 Å². The molecule has 0 radical (unpaired) electrons. The number of nitrogens with one attached hydrogen (secondary N) is 1. The van der Waals surface area contributed by atoms with Crippen molar-refractivity contribution in [3.8, 4) is 0 Å². The molecule has 1 aromatic rings. The number of H-pyrrole nitrogens is 1. The largest absolute Gasteiger partial charge is 0.481 e. The van der Waals surface area contributed by atoms with Gasteiger partial charge in [0, 0.05) is 12.6 Å². The van der Waals surface area contributed by atoms with Gasteiger partial charge in [0.1, 0.15) is 25.0 Å². The maximum atomic E-state index is 12.3. The fourth-order valence-electron chi connectivity index (χ4n) is 2.94. The Labute approximate surface area is 199 Å². The van der Waals surface area contributed by atoms with Crippen LogP contribution in [-0.4, -0.2) is 67.9 Å². The Morgan fingerprint density at radius 3 is 2.32 bits per heavy atom. The van der Waals surface area contributed by atoms with E-state index in [2.05, 4.69) is 20.9 Å². The Hall–Kier alpha value is -3.30. The molecule has 1 fully saturated rings. The Kier molecular flexibility index (Phi) is 11.3. The first-order valence-corrected chi connectivity index (χ1v) is 10.6. The number of hydrogen-bond acceptors (Lipinski definition) is 9. The third-order valence-corrected chi connectivity index (χ3v) is 4.77. The van der Waals surface area contributed by atoms with Gasteiger partial charge in [-0.25, -0.2) is 4.79 Å². The summed E-state index contributed by atoms with van der Waals surface area (Å²) in [7, 11) is 0. The summed E-state index contributed by atoms with van der Waals surface area (Å²) in [4.78, 5) is 72.7. The fourth-order valence-corrected chi connectivity index (χ4v) is 3.22. The van der Waals surface area contributed by atoms with E-state index in [0.717, 1.165) is 4.57 Å². The smallest absolute Gasteiger partial charge is 0.330 e. The molecule has 0 saturated carbocycles. The van der Waals surface area contributed by atoms with Gasteiger partial charge in [0.15, 0.2) is 0 Å². The Bertz CT molecular complexity index is 1050. The van der Waals surface area contributed by atoms with E-state index < -0.39 is 79.4 Å². The molecule has 188 valence electrons. The second kappa shape index (κ2) is 13.4. The van der Waals surface area contributed by atoms with Gasteiger partial charge in [0.2, 0.25) is 0 Å². The van der Waals surface area contributed by atoms with Gasteiger partial charge in [0.25, 0.3) is 5.56 Å². The number of aromatic nitrogens is 2. The number of carboxylic acid groups (broad SMARTS) is 2. The second-order valence-corrected chi connectivity index (χ2v) is 7.44.